The van der Waals surface area contributed by atoms with Crippen LogP contribution < -0.4 is 5.19 Å². The molecule has 0 saturated carbocycles. The summed E-state index contributed by atoms with van der Waals surface area (Å²) >= 11 is 1.60. The molecule has 0 aliphatic heterocycles. The van der Waals surface area contributed by atoms with Crippen LogP contribution in [0.2, 0.25) is 19.6 Å². The number of benzene rings is 8. The van der Waals surface area contributed by atoms with E-state index in [1.165, 1.54) is 55.1 Å². The van der Waals surface area contributed by atoms with Gasteiger partial charge in [0.2, 0.25) is 0 Å². The van der Waals surface area contributed by atoms with E-state index >= 15 is 4.39 Å². The minimum Gasteiger partial charge on any atom is -0.333 e. The fourth-order valence-corrected chi connectivity index (χ4v) is 12.5. The molecule has 0 aliphatic carbocycles. The first-order chi connectivity index (χ1) is 32.1. The number of hydrogen-bond donors (Lipinski definition) is 0. The fourth-order valence-electron chi connectivity index (χ4n) is 9.67. The maximum Gasteiger partial charge on any atom is 0.0799 e. The Morgan fingerprint density at radius 2 is 1.36 bits per heavy atom. The van der Waals surface area contributed by atoms with Crippen molar-refractivity contribution in [2.24, 2.45) is 0 Å². The molecule has 3 nitrogen and oxygen atoms in total. The van der Waals surface area contributed by atoms with E-state index in [0.29, 0.717) is 5.39 Å². The van der Waals surface area contributed by atoms with Crippen LogP contribution in [0, 0.1) is 45.6 Å². The van der Waals surface area contributed by atoms with E-state index in [1.54, 1.807) is 11.3 Å². The van der Waals surface area contributed by atoms with Crippen molar-refractivity contribution in [3.8, 4) is 39.5 Å². The maximum absolute atomic E-state index is 15.6. The zero-order valence-electron chi connectivity index (χ0n) is 40.3. The summed E-state index contributed by atoms with van der Waals surface area (Å²) in [5, 5.41) is 7.72. The normalized spacial score (nSPS) is 12.1. The number of imidazole rings is 1. The largest absolute Gasteiger partial charge is 0.333 e. The SMILES string of the molecule is Cc1cc(-c2ccccc2)cc(C)c1-n1c(-c2[c-]cc(F)c3c2sc2ccccc23)nc2cc3c(cc21)c(C)c(C)c1ccccc13.[2H]C(C)(C)c1cc(-c2[c-]cccc2)ncc1[Si](C)(C)C.[Ir]. The number of rotatable bonds is 6. The summed E-state index contributed by atoms with van der Waals surface area (Å²) in [5.74, 6) is -0.0989. The molecule has 0 N–H and O–H groups in total. The van der Waals surface area contributed by atoms with Crippen LogP contribution in [0.5, 0.6) is 0 Å². The van der Waals surface area contributed by atoms with Crippen molar-refractivity contribution in [1.29, 1.82) is 0 Å². The third-order valence-corrected chi connectivity index (χ3v) is 16.3. The second-order valence-electron chi connectivity index (χ2n) is 18.7. The van der Waals surface area contributed by atoms with Gasteiger partial charge in [-0.05, 0) is 145 Å². The molecule has 335 valence electrons. The molecular formula is C60H52FIrN3SSi-2. The van der Waals surface area contributed by atoms with Crippen molar-refractivity contribution < 1.29 is 25.9 Å². The molecule has 7 heteroatoms. The molecule has 67 heavy (non-hydrogen) atoms. The molecule has 1 radical (unpaired) electrons. The van der Waals surface area contributed by atoms with Gasteiger partial charge in [-0.25, -0.2) is 0 Å². The van der Waals surface area contributed by atoms with Crippen molar-refractivity contribution in [2.45, 2.75) is 67.1 Å². The Balaban J connectivity index is 0.000000232. The van der Waals surface area contributed by atoms with E-state index in [1.807, 2.05) is 68.6 Å². The van der Waals surface area contributed by atoms with Crippen molar-refractivity contribution in [1.82, 2.24) is 14.5 Å². The fraction of sp³-hybridized carbons (Fsp3) is 0.167. The maximum atomic E-state index is 15.6. The molecular weight excluding hydrogens is 1030 g/mol. The van der Waals surface area contributed by atoms with Crippen LogP contribution in [0.4, 0.5) is 4.39 Å². The number of halogens is 1. The topological polar surface area (TPSA) is 30.7 Å². The van der Waals surface area contributed by atoms with E-state index in [9.17, 15) is 0 Å². The smallest absolute Gasteiger partial charge is 0.0799 e. The molecule has 11 rings (SSSR count). The summed E-state index contributed by atoms with van der Waals surface area (Å²) in [6.45, 7) is 19.6. The summed E-state index contributed by atoms with van der Waals surface area (Å²) in [6.07, 6.45) is 1.98. The first-order valence-corrected chi connectivity index (χ1v) is 26.9. The monoisotopic (exact) mass is 1090 g/mol. The predicted molar refractivity (Wildman–Crippen MR) is 283 cm³/mol. The molecule has 0 saturated heterocycles. The van der Waals surface area contributed by atoms with Crippen LogP contribution in [-0.2, 0) is 20.1 Å². The molecule has 11 aromatic rings. The Morgan fingerprint density at radius 3 is 2.04 bits per heavy atom. The molecule has 0 bridgehead atoms. The molecule has 8 aromatic carbocycles. The summed E-state index contributed by atoms with van der Waals surface area (Å²) in [4.78, 5) is 10.0. The number of aryl methyl sites for hydroxylation is 4. The molecule has 0 aliphatic rings. The zero-order chi connectivity index (χ0) is 46.9. The van der Waals surface area contributed by atoms with Crippen LogP contribution in [0.15, 0.2) is 146 Å². The van der Waals surface area contributed by atoms with Gasteiger partial charge in [0.25, 0.3) is 0 Å². The van der Waals surface area contributed by atoms with Crippen LogP contribution in [-0.4, -0.2) is 22.6 Å². The zero-order valence-corrected chi connectivity index (χ0v) is 43.5. The van der Waals surface area contributed by atoms with E-state index in [0.717, 1.165) is 70.8 Å². The van der Waals surface area contributed by atoms with Crippen molar-refractivity contribution in [3.05, 3.63) is 191 Å². The molecule has 0 unspecified atom stereocenters. The van der Waals surface area contributed by atoms with Gasteiger partial charge in [-0.2, -0.15) is 11.3 Å². The summed E-state index contributed by atoms with van der Waals surface area (Å²) < 4.78 is 28.2. The van der Waals surface area contributed by atoms with E-state index in [-0.39, 0.29) is 25.9 Å². The molecule has 0 fully saturated rings. The van der Waals surface area contributed by atoms with Gasteiger partial charge in [-0.15, -0.1) is 48.0 Å². The van der Waals surface area contributed by atoms with Gasteiger partial charge in [0.15, 0.2) is 0 Å². The van der Waals surface area contributed by atoms with Gasteiger partial charge in [-0.1, -0.05) is 123 Å². The number of hydrogen-bond acceptors (Lipinski definition) is 3. The van der Waals surface area contributed by atoms with E-state index < -0.39 is 14.0 Å². The van der Waals surface area contributed by atoms with E-state index in [2.05, 4.69) is 154 Å². The van der Waals surface area contributed by atoms with Gasteiger partial charge in [0.1, 0.15) is 0 Å². The summed E-state index contributed by atoms with van der Waals surface area (Å²) in [7, 11) is -1.50. The summed E-state index contributed by atoms with van der Waals surface area (Å²) in [5.41, 5.74) is 14.0. The van der Waals surface area contributed by atoms with Crippen molar-refractivity contribution in [3.63, 3.8) is 0 Å². The van der Waals surface area contributed by atoms with Crippen molar-refractivity contribution >= 4 is 77.3 Å². The standard InChI is InChI=1S/C43H30FN2S.C17H22NSi.Ir/c1-24-20-29(28-12-6-5-7-13-28)21-25(2)41(24)46-38-23-34-27(4)26(3)30-14-8-9-15-31(30)35(34)22-37(38)45-43(46)33-18-19-36(44)40-32-16-10-11-17-39(32)47-42(33)40;1-13(2)15-11-16(14-9-7-6-8-10-14)18-12-17(15)19(3,4)5;/h5-17,19-23H,1-4H3;6-9,11-13H,1-5H3;/q2*-1;/i;13D;. The number of fused-ring (bicyclic) bond motifs is 7. The average Bonchev–Trinajstić information content (AvgIpc) is 3.89. The molecule has 3 heterocycles. The Bertz CT molecular complexity index is 3690. The number of nitrogens with zero attached hydrogens (tertiary/aromatic N) is 3. The third kappa shape index (κ3) is 8.27. The molecule has 3 aromatic heterocycles. The van der Waals surface area contributed by atoms with Crippen molar-refractivity contribution in [2.75, 3.05) is 0 Å². The quantitative estimate of drug-likeness (QED) is 0.0944. The van der Waals surface area contributed by atoms with Crippen LogP contribution >= 0.6 is 11.3 Å². The van der Waals surface area contributed by atoms with Gasteiger partial charge in [0.05, 0.1) is 24.9 Å². The van der Waals surface area contributed by atoms with Gasteiger partial charge in [0, 0.05) is 43.9 Å². The molecule has 0 spiro atoms. The average molecular weight is 1090 g/mol. The Hall–Kier alpha value is -6.08. The Kier molecular flexibility index (Phi) is 12.1. The minimum absolute atomic E-state index is 0. The number of thiophene rings is 1. The van der Waals surface area contributed by atoms with Gasteiger partial charge >= 0.3 is 0 Å². The van der Waals surface area contributed by atoms with Crippen LogP contribution in [0.3, 0.4) is 0 Å². The first-order valence-electron chi connectivity index (χ1n) is 23.1. The second-order valence-corrected chi connectivity index (χ2v) is 24.8. The second kappa shape index (κ2) is 18.2. The van der Waals surface area contributed by atoms with Gasteiger partial charge in [-0.3, -0.25) is 9.37 Å². The van der Waals surface area contributed by atoms with Gasteiger partial charge < -0.3 is 9.55 Å². The molecule has 0 atom stereocenters. The minimum atomic E-state index is -1.50. The summed E-state index contributed by atoms with van der Waals surface area (Å²) in [6, 6.07) is 54.2. The number of pyridine rings is 1. The third-order valence-electron chi connectivity index (χ3n) is 13.1. The molecule has 0 amide bonds. The van der Waals surface area contributed by atoms with E-state index in [4.69, 9.17) is 6.35 Å². The number of aromatic nitrogens is 3. The predicted octanol–water partition coefficient (Wildman–Crippen LogP) is 16.4. The Labute approximate surface area is 413 Å². The van der Waals surface area contributed by atoms with Crippen LogP contribution in [0.25, 0.3) is 92.2 Å². The first kappa shape index (κ1) is 44.7. The Morgan fingerprint density at radius 1 is 0.701 bits per heavy atom. The van der Waals surface area contributed by atoms with Crippen LogP contribution in [0.1, 0.15) is 48.9 Å².